The molecule has 1 aromatic heterocycles. The third-order valence-corrected chi connectivity index (χ3v) is 3.32. The van der Waals surface area contributed by atoms with E-state index in [0.717, 1.165) is 15.6 Å². The first-order chi connectivity index (χ1) is 7.15. The standard InChI is InChI=1S/C11H11NO2S/c1-6-4-3-5-7-8(6)9(10(12)15-7)11(13)14-2/h3-5H,12H2,1-2H3. The number of carbonyl (C=O) groups excluding carboxylic acids is 1. The summed E-state index contributed by atoms with van der Waals surface area (Å²) in [6.45, 7) is 1.96. The number of esters is 1. The van der Waals surface area contributed by atoms with Gasteiger partial charge < -0.3 is 10.5 Å². The number of ether oxygens (including phenoxy) is 1. The van der Waals surface area contributed by atoms with E-state index >= 15 is 0 Å². The lowest BCUT2D eigenvalue weighted by atomic mass is 10.1. The van der Waals surface area contributed by atoms with E-state index in [0.29, 0.717) is 10.6 Å². The van der Waals surface area contributed by atoms with Crippen LogP contribution in [0.15, 0.2) is 18.2 Å². The Bertz CT molecular complexity index is 531. The third-order valence-electron chi connectivity index (χ3n) is 2.34. The predicted octanol–water partition coefficient (Wildman–Crippen LogP) is 2.58. The molecule has 4 heteroatoms. The van der Waals surface area contributed by atoms with Gasteiger partial charge >= 0.3 is 5.97 Å². The van der Waals surface area contributed by atoms with Crippen molar-refractivity contribution in [3.63, 3.8) is 0 Å². The summed E-state index contributed by atoms with van der Waals surface area (Å²) >= 11 is 1.41. The van der Waals surface area contributed by atoms with Crippen molar-refractivity contribution >= 4 is 32.4 Å². The van der Waals surface area contributed by atoms with Gasteiger partial charge in [0.1, 0.15) is 10.6 Å². The number of hydrogen-bond acceptors (Lipinski definition) is 4. The molecule has 0 atom stereocenters. The molecule has 0 aliphatic carbocycles. The lowest BCUT2D eigenvalue weighted by Gasteiger charge is -2.00. The van der Waals surface area contributed by atoms with Gasteiger partial charge in [0.15, 0.2) is 0 Å². The van der Waals surface area contributed by atoms with E-state index in [1.54, 1.807) is 0 Å². The van der Waals surface area contributed by atoms with Crippen molar-refractivity contribution in [2.45, 2.75) is 6.92 Å². The Labute approximate surface area is 91.5 Å². The number of benzene rings is 1. The molecular formula is C11H11NO2S. The van der Waals surface area contributed by atoms with E-state index in [2.05, 4.69) is 0 Å². The lowest BCUT2D eigenvalue weighted by molar-refractivity contribution is 0.0604. The number of rotatable bonds is 1. The van der Waals surface area contributed by atoms with Crippen LogP contribution in [0.3, 0.4) is 0 Å². The van der Waals surface area contributed by atoms with Gasteiger partial charge in [0.2, 0.25) is 0 Å². The second-order valence-electron chi connectivity index (χ2n) is 3.28. The molecular weight excluding hydrogens is 210 g/mol. The summed E-state index contributed by atoms with van der Waals surface area (Å²) in [7, 11) is 1.36. The Morgan fingerprint density at radius 1 is 1.47 bits per heavy atom. The fraction of sp³-hybridized carbons (Fsp3) is 0.182. The molecule has 3 nitrogen and oxygen atoms in total. The van der Waals surface area contributed by atoms with Gasteiger partial charge in [-0.1, -0.05) is 12.1 Å². The van der Waals surface area contributed by atoms with Crippen molar-refractivity contribution in [2.24, 2.45) is 0 Å². The summed E-state index contributed by atoms with van der Waals surface area (Å²) < 4.78 is 5.75. The maximum Gasteiger partial charge on any atom is 0.341 e. The van der Waals surface area contributed by atoms with E-state index in [1.165, 1.54) is 18.4 Å². The number of aryl methyl sites for hydroxylation is 1. The van der Waals surface area contributed by atoms with Gasteiger partial charge in [-0.2, -0.15) is 0 Å². The summed E-state index contributed by atoms with van der Waals surface area (Å²) in [5, 5.41) is 1.43. The molecule has 15 heavy (non-hydrogen) atoms. The first-order valence-electron chi connectivity index (χ1n) is 4.51. The van der Waals surface area contributed by atoms with Crippen LogP contribution in [0.25, 0.3) is 10.1 Å². The average molecular weight is 221 g/mol. The van der Waals surface area contributed by atoms with Crippen LogP contribution in [0.2, 0.25) is 0 Å². The minimum atomic E-state index is -0.368. The van der Waals surface area contributed by atoms with Crippen LogP contribution in [0.4, 0.5) is 5.00 Å². The molecule has 2 aromatic rings. The fourth-order valence-corrected chi connectivity index (χ4v) is 2.68. The highest BCUT2D eigenvalue weighted by molar-refractivity contribution is 7.23. The SMILES string of the molecule is COC(=O)c1c(N)sc2cccc(C)c12. The number of thiophene rings is 1. The fourth-order valence-electron chi connectivity index (χ4n) is 1.64. The van der Waals surface area contributed by atoms with E-state index < -0.39 is 0 Å². The predicted molar refractivity (Wildman–Crippen MR) is 62.3 cm³/mol. The van der Waals surface area contributed by atoms with Crippen LogP contribution in [-0.4, -0.2) is 13.1 Å². The molecule has 0 amide bonds. The number of nitrogen functional groups attached to an aromatic ring is 1. The van der Waals surface area contributed by atoms with E-state index in [9.17, 15) is 4.79 Å². The Balaban J connectivity index is 2.82. The smallest absolute Gasteiger partial charge is 0.341 e. The summed E-state index contributed by atoms with van der Waals surface area (Å²) in [5.41, 5.74) is 7.35. The van der Waals surface area contributed by atoms with E-state index in [1.807, 2.05) is 25.1 Å². The summed E-state index contributed by atoms with van der Waals surface area (Å²) in [6, 6.07) is 5.87. The second-order valence-corrected chi connectivity index (χ2v) is 4.36. The van der Waals surface area contributed by atoms with Gasteiger partial charge in [0.25, 0.3) is 0 Å². The van der Waals surface area contributed by atoms with Gasteiger partial charge in [-0.15, -0.1) is 11.3 Å². The van der Waals surface area contributed by atoms with Crippen LogP contribution < -0.4 is 5.73 Å². The zero-order chi connectivity index (χ0) is 11.0. The molecule has 0 aliphatic rings. The van der Waals surface area contributed by atoms with Crippen LogP contribution in [0, 0.1) is 6.92 Å². The first-order valence-corrected chi connectivity index (χ1v) is 5.32. The van der Waals surface area contributed by atoms with Crippen molar-refractivity contribution in [1.82, 2.24) is 0 Å². The van der Waals surface area contributed by atoms with Gasteiger partial charge in [0, 0.05) is 10.1 Å². The Morgan fingerprint density at radius 2 is 2.20 bits per heavy atom. The molecule has 0 bridgehead atoms. The number of nitrogens with two attached hydrogens (primary N) is 1. The summed E-state index contributed by atoms with van der Waals surface area (Å²) in [6.07, 6.45) is 0. The van der Waals surface area contributed by atoms with Crippen LogP contribution in [0.5, 0.6) is 0 Å². The quantitative estimate of drug-likeness (QED) is 0.753. The molecule has 0 radical (unpaired) electrons. The number of hydrogen-bond donors (Lipinski definition) is 1. The summed E-state index contributed by atoms with van der Waals surface area (Å²) in [5.74, 6) is -0.368. The van der Waals surface area contributed by atoms with Crippen LogP contribution >= 0.6 is 11.3 Å². The van der Waals surface area contributed by atoms with Gasteiger partial charge in [-0.25, -0.2) is 4.79 Å². The molecule has 0 fully saturated rings. The second kappa shape index (κ2) is 3.55. The molecule has 2 rings (SSSR count). The van der Waals surface area contributed by atoms with Crippen molar-refractivity contribution < 1.29 is 9.53 Å². The Hall–Kier alpha value is -1.55. The van der Waals surface area contributed by atoms with Crippen molar-refractivity contribution in [3.05, 3.63) is 29.3 Å². The summed E-state index contributed by atoms with van der Waals surface area (Å²) in [4.78, 5) is 11.6. The molecule has 1 heterocycles. The molecule has 0 unspecified atom stereocenters. The first kappa shape index (κ1) is 9.98. The van der Waals surface area contributed by atoms with Crippen molar-refractivity contribution in [2.75, 3.05) is 12.8 Å². The molecule has 0 saturated heterocycles. The molecule has 0 spiro atoms. The Morgan fingerprint density at radius 3 is 2.87 bits per heavy atom. The average Bonchev–Trinajstić information content (AvgIpc) is 2.55. The molecule has 1 aromatic carbocycles. The zero-order valence-electron chi connectivity index (χ0n) is 8.53. The van der Waals surface area contributed by atoms with Crippen molar-refractivity contribution in [1.29, 1.82) is 0 Å². The van der Waals surface area contributed by atoms with E-state index in [-0.39, 0.29) is 5.97 Å². The highest BCUT2D eigenvalue weighted by atomic mass is 32.1. The third kappa shape index (κ3) is 1.47. The van der Waals surface area contributed by atoms with Crippen LogP contribution in [0.1, 0.15) is 15.9 Å². The number of methoxy groups -OCH3 is 1. The van der Waals surface area contributed by atoms with Gasteiger partial charge in [-0.3, -0.25) is 0 Å². The van der Waals surface area contributed by atoms with Crippen LogP contribution in [-0.2, 0) is 4.74 Å². The Kier molecular flexibility index (Phi) is 2.36. The number of carbonyl (C=O) groups is 1. The largest absolute Gasteiger partial charge is 0.465 e. The normalized spacial score (nSPS) is 10.5. The molecule has 78 valence electrons. The maximum atomic E-state index is 11.6. The number of anilines is 1. The van der Waals surface area contributed by atoms with Gasteiger partial charge in [-0.05, 0) is 18.6 Å². The highest BCUT2D eigenvalue weighted by Crippen LogP contribution is 2.35. The van der Waals surface area contributed by atoms with Crippen molar-refractivity contribution in [3.8, 4) is 0 Å². The lowest BCUT2D eigenvalue weighted by Crippen LogP contribution is -2.03. The minimum Gasteiger partial charge on any atom is -0.465 e. The van der Waals surface area contributed by atoms with E-state index in [4.69, 9.17) is 10.5 Å². The maximum absolute atomic E-state index is 11.6. The monoisotopic (exact) mass is 221 g/mol. The topological polar surface area (TPSA) is 52.3 Å². The zero-order valence-corrected chi connectivity index (χ0v) is 9.35. The molecule has 2 N–H and O–H groups in total. The van der Waals surface area contributed by atoms with Gasteiger partial charge in [0.05, 0.1) is 7.11 Å². The molecule has 0 aliphatic heterocycles. The highest BCUT2D eigenvalue weighted by Gasteiger charge is 2.18. The number of fused-ring (bicyclic) bond motifs is 1. The minimum absolute atomic E-state index is 0.368. The molecule has 0 saturated carbocycles.